The van der Waals surface area contributed by atoms with Gasteiger partial charge in [0.1, 0.15) is 5.65 Å². The minimum Gasteiger partial charge on any atom is -0.394 e. The van der Waals surface area contributed by atoms with E-state index >= 15 is 0 Å². The molecule has 0 radical (unpaired) electrons. The first-order valence-electron chi connectivity index (χ1n) is 6.84. The highest BCUT2D eigenvalue weighted by Gasteiger charge is 2.11. The van der Waals surface area contributed by atoms with Crippen LogP contribution in [0.5, 0.6) is 0 Å². The Morgan fingerprint density at radius 3 is 2.80 bits per heavy atom. The summed E-state index contributed by atoms with van der Waals surface area (Å²) in [6.07, 6.45) is 3.78. The molecule has 0 aliphatic rings. The van der Waals surface area contributed by atoms with Crippen LogP contribution in [0.4, 0.5) is 0 Å². The van der Waals surface area contributed by atoms with Crippen molar-refractivity contribution in [1.82, 2.24) is 14.5 Å². The molecular formula is C14H23N3O3. The Bertz CT molecular complexity index is 585. The van der Waals surface area contributed by atoms with Crippen molar-refractivity contribution < 1.29 is 9.84 Å². The number of ether oxygens (including phenoxy) is 1. The molecule has 1 atom stereocenters. The van der Waals surface area contributed by atoms with Crippen molar-refractivity contribution in [3.8, 4) is 0 Å². The Hall–Kier alpha value is -1.66. The van der Waals surface area contributed by atoms with E-state index in [0.717, 1.165) is 5.56 Å². The monoisotopic (exact) mass is 281 g/mol. The van der Waals surface area contributed by atoms with Crippen LogP contribution in [0.25, 0.3) is 11.0 Å². The van der Waals surface area contributed by atoms with Gasteiger partial charge in [-0.3, -0.25) is 4.79 Å². The fraction of sp³-hybridized carbons (Fsp3) is 0.571. The molecule has 2 N–H and O–H groups in total. The van der Waals surface area contributed by atoms with Crippen LogP contribution in [0, 0.1) is 6.92 Å². The Morgan fingerprint density at radius 1 is 1.50 bits per heavy atom. The Kier molecular flexibility index (Phi) is 6.41. The van der Waals surface area contributed by atoms with Gasteiger partial charge in [-0.15, -0.1) is 0 Å². The molecule has 0 saturated carbocycles. The Morgan fingerprint density at radius 2 is 2.20 bits per heavy atom. The van der Waals surface area contributed by atoms with Crippen LogP contribution < -0.4 is 5.56 Å². The van der Waals surface area contributed by atoms with Gasteiger partial charge in [-0.25, -0.2) is 4.98 Å². The predicted molar refractivity (Wildman–Crippen MR) is 78.9 cm³/mol. The maximum atomic E-state index is 11.7. The molecule has 112 valence electrons. The summed E-state index contributed by atoms with van der Waals surface area (Å²) in [6.45, 7) is 6.53. The Balaban J connectivity index is 0.000000956. The molecule has 20 heavy (non-hydrogen) atoms. The van der Waals surface area contributed by atoms with Crippen molar-refractivity contribution in [2.45, 2.75) is 39.8 Å². The average molecular weight is 281 g/mol. The van der Waals surface area contributed by atoms with E-state index in [1.807, 2.05) is 31.5 Å². The van der Waals surface area contributed by atoms with E-state index in [1.54, 1.807) is 7.11 Å². The zero-order valence-electron chi connectivity index (χ0n) is 12.5. The number of aromatic nitrogens is 3. The van der Waals surface area contributed by atoms with Gasteiger partial charge < -0.3 is 19.4 Å². The van der Waals surface area contributed by atoms with Crippen LogP contribution in [-0.4, -0.2) is 39.5 Å². The second kappa shape index (κ2) is 7.81. The second-order valence-electron chi connectivity index (χ2n) is 4.26. The van der Waals surface area contributed by atoms with Gasteiger partial charge in [0.05, 0.1) is 24.4 Å². The van der Waals surface area contributed by atoms with E-state index < -0.39 is 0 Å². The molecular weight excluding hydrogens is 258 g/mol. The van der Waals surface area contributed by atoms with Crippen molar-refractivity contribution >= 4 is 11.0 Å². The molecule has 0 aromatic carbocycles. The minimum atomic E-state index is -0.190. The molecule has 0 saturated heterocycles. The van der Waals surface area contributed by atoms with Gasteiger partial charge in [-0.1, -0.05) is 13.8 Å². The van der Waals surface area contributed by atoms with Crippen molar-refractivity contribution in [3.05, 3.63) is 28.4 Å². The molecule has 1 unspecified atom stereocenters. The second-order valence-corrected chi connectivity index (χ2v) is 4.26. The van der Waals surface area contributed by atoms with Crippen molar-refractivity contribution in [1.29, 1.82) is 0 Å². The molecule has 0 amide bonds. The number of rotatable bonds is 5. The fourth-order valence-corrected chi connectivity index (χ4v) is 2.06. The van der Waals surface area contributed by atoms with Crippen LogP contribution in [0.1, 0.15) is 25.8 Å². The number of fused-ring (bicyclic) bond motifs is 1. The minimum absolute atomic E-state index is 0.0112. The standard InChI is InChI=1S/C12H17N3O3.C2H6/c1-8-5-15(4-3-9(6-16)18-2)11-10(8)12(17)14-7-13-11;1-2/h5,7,9,16H,3-4,6H2,1-2H3,(H,13,14,17);1-2H3. The average Bonchev–Trinajstić information content (AvgIpc) is 2.80. The smallest absolute Gasteiger partial charge is 0.260 e. The van der Waals surface area contributed by atoms with Crippen LogP contribution in [0.2, 0.25) is 0 Å². The predicted octanol–water partition coefficient (Wildman–Crippen LogP) is 1.46. The number of hydrogen-bond donors (Lipinski definition) is 2. The molecule has 0 fully saturated rings. The van der Waals surface area contributed by atoms with Gasteiger partial charge in [-0.05, 0) is 18.9 Å². The summed E-state index contributed by atoms with van der Waals surface area (Å²) in [7, 11) is 1.57. The third kappa shape index (κ3) is 3.46. The zero-order valence-corrected chi connectivity index (χ0v) is 12.5. The first-order valence-corrected chi connectivity index (χ1v) is 6.84. The van der Waals surface area contributed by atoms with E-state index in [2.05, 4.69) is 9.97 Å². The highest BCUT2D eigenvalue weighted by Crippen LogP contribution is 2.15. The van der Waals surface area contributed by atoms with Gasteiger partial charge in [-0.2, -0.15) is 0 Å². The van der Waals surface area contributed by atoms with Gasteiger partial charge in [0.25, 0.3) is 5.56 Å². The summed E-state index contributed by atoms with van der Waals surface area (Å²) < 4.78 is 7.03. The van der Waals surface area contributed by atoms with Crippen molar-refractivity contribution in [2.24, 2.45) is 0 Å². The van der Waals surface area contributed by atoms with E-state index in [9.17, 15) is 4.79 Å². The lowest BCUT2D eigenvalue weighted by atomic mass is 10.2. The number of aryl methyl sites for hydroxylation is 2. The van der Waals surface area contributed by atoms with Crippen LogP contribution in [-0.2, 0) is 11.3 Å². The normalized spacial score (nSPS) is 12.1. The number of nitrogens with zero attached hydrogens (tertiary/aromatic N) is 2. The molecule has 2 rings (SSSR count). The first kappa shape index (κ1) is 16.4. The third-order valence-electron chi connectivity index (χ3n) is 3.08. The molecule has 2 aromatic heterocycles. The molecule has 6 nitrogen and oxygen atoms in total. The topological polar surface area (TPSA) is 80.1 Å². The Labute approximate surface area is 118 Å². The molecule has 2 heterocycles. The fourth-order valence-electron chi connectivity index (χ4n) is 2.06. The molecule has 0 aliphatic carbocycles. The van der Waals surface area contributed by atoms with E-state index in [4.69, 9.17) is 9.84 Å². The number of methoxy groups -OCH3 is 1. The SMILES string of the molecule is CC.COC(CO)CCn1cc(C)c2c(=O)[nH]cnc21. The van der Waals surface area contributed by atoms with Crippen LogP contribution in [0.3, 0.4) is 0 Å². The first-order chi connectivity index (χ1) is 9.67. The van der Waals surface area contributed by atoms with Gasteiger partial charge >= 0.3 is 0 Å². The third-order valence-corrected chi connectivity index (χ3v) is 3.08. The van der Waals surface area contributed by atoms with E-state index in [1.165, 1.54) is 6.33 Å². The highest BCUT2D eigenvalue weighted by atomic mass is 16.5. The van der Waals surface area contributed by atoms with Crippen LogP contribution in [0.15, 0.2) is 17.3 Å². The maximum Gasteiger partial charge on any atom is 0.260 e. The lowest BCUT2D eigenvalue weighted by Crippen LogP contribution is -2.18. The quantitative estimate of drug-likeness (QED) is 0.869. The molecule has 2 aromatic rings. The van der Waals surface area contributed by atoms with E-state index in [0.29, 0.717) is 24.0 Å². The van der Waals surface area contributed by atoms with Crippen LogP contribution >= 0.6 is 0 Å². The zero-order chi connectivity index (χ0) is 15.1. The maximum absolute atomic E-state index is 11.7. The molecule has 0 spiro atoms. The molecule has 0 aliphatic heterocycles. The van der Waals surface area contributed by atoms with E-state index in [-0.39, 0.29) is 18.3 Å². The number of aliphatic hydroxyl groups excluding tert-OH is 1. The largest absolute Gasteiger partial charge is 0.394 e. The van der Waals surface area contributed by atoms with Gasteiger partial charge in [0, 0.05) is 19.9 Å². The lowest BCUT2D eigenvalue weighted by Gasteiger charge is -2.12. The van der Waals surface area contributed by atoms with Crippen molar-refractivity contribution in [2.75, 3.05) is 13.7 Å². The number of nitrogens with one attached hydrogen (secondary N) is 1. The number of hydrogen-bond acceptors (Lipinski definition) is 4. The molecule has 0 bridgehead atoms. The highest BCUT2D eigenvalue weighted by molar-refractivity contribution is 5.78. The van der Waals surface area contributed by atoms with Crippen molar-refractivity contribution in [3.63, 3.8) is 0 Å². The summed E-state index contributed by atoms with van der Waals surface area (Å²) in [4.78, 5) is 18.5. The van der Waals surface area contributed by atoms with Gasteiger partial charge in [0.15, 0.2) is 0 Å². The lowest BCUT2D eigenvalue weighted by molar-refractivity contribution is 0.0405. The summed E-state index contributed by atoms with van der Waals surface area (Å²) in [5.41, 5.74) is 1.45. The summed E-state index contributed by atoms with van der Waals surface area (Å²) in [5.74, 6) is 0. The summed E-state index contributed by atoms with van der Waals surface area (Å²) in [5, 5.41) is 9.68. The number of aliphatic hydroxyl groups is 1. The molecule has 6 heteroatoms. The van der Waals surface area contributed by atoms with Gasteiger partial charge in [0.2, 0.25) is 0 Å². The number of H-pyrrole nitrogens is 1. The summed E-state index contributed by atoms with van der Waals surface area (Å²) in [6, 6.07) is 0. The number of aromatic amines is 1. The summed E-state index contributed by atoms with van der Waals surface area (Å²) >= 11 is 0.